The molecular formula is C12H18N4O4. The van der Waals surface area contributed by atoms with Crippen molar-refractivity contribution in [2.45, 2.75) is 6.92 Å². The molecule has 1 atom stereocenters. The summed E-state index contributed by atoms with van der Waals surface area (Å²) in [5.74, 6) is 4.83. The van der Waals surface area contributed by atoms with Gasteiger partial charge in [0.15, 0.2) is 0 Å². The van der Waals surface area contributed by atoms with Crippen molar-refractivity contribution in [1.29, 1.82) is 0 Å². The van der Waals surface area contributed by atoms with Crippen LogP contribution in [0.3, 0.4) is 0 Å². The van der Waals surface area contributed by atoms with Gasteiger partial charge in [-0.05, 0) is 18.1 Å². The number of anilines is 1. The Kier molecular flexibility index (Phi) is 5.88. The number of nitrogens with two attached hydrogens (primary N) is 1. The number of nitrogens with zero attached hydrogens (tertiary/aromatic N) is 1. The van der Waals surface area contributed by atoms with E-state index in [4.69, 9.17) is 10.6 Å². The number of nitro benzene ring substituents is 1. The molecule has 1 unspecified atom stereocenters. The van der Waals surface area contributed by atoms with E-state index in [1.807, 2.05) is 6.92 Å². The lowest BCUT2D eigenvalue weighted by Gasteiger charge is -2.12. The monoisotopic (exact) mass is 282 g/mol. The van der Waals surface area contributed by atoms with E-state index in [2.05, 4.69) is 10.7 Å². The standard InChI is InChI=1S/C12H18N4O4/c1-8(7-20-2)6-14-12(17)10-5-9(15-13)3-4-11(10)16(18)19/h3-5,8,15H,6-7,13H2,1-2H3,(H,14,17). The number of benzene rings is 1. The SMILES string of the molecule is COCC(C)CNC(=O)c1cc(NN)ccc1[N+](=O)[O-]. The van der Waals surface area contributed by atoms with Crippen molar-refractivity contribution in [3.05, 3.63) is 33.9 Å². The van der Waals surface area contributed by atoms with E-state index in [1.54, 1.807) is 7.11 Å². The third-order valence-electron chi connectivity index (χ3n) is 2.67. The van der Waals surface area contributed by atoms with Crippen molar-refractivity contribution < 1.29 is 14.5 Å². The van der Waals surface area contributed by atoms with Crippen LogP contribution in [0, 0.1) is 16.0 Å². The van der Waals surface area contributed by atoms with E-state index in [-0.39, 0.29) is 17.2 Å². The zero-order valence-corrected chi connectivity index (χ0v) is 11.4. The van der Waals surface area contributed by atoms with Crippen molar-refractivity contribution in [3.8, 4) is 0 Å². The average Bonchev–Trinajstić information content (AvgIpc) is 2.44. The van der Waals surface area contributed by atoms with Gasteiger partial charge in [-0.25, -0.2) is 0 Å². The van der Waals surface area contributed by atoms with Crippen molar-refractivity contribution in [2.24, 2.45) is 11.8 Å². The van der Waals surface area contributed by atoms with Gasteiger partial charge >= 0.3 is 0 Å². The minimum absolute atomic E-state index is 0.0323. The molecule has 0 aliphatic carbocycles. The number of carbonyl (C=O) groups is 1. The smallest absolute Gasteiger partial charge is 0.282 e. The van der Waals surface area contributed by atoms with Crippen molar-refractivity contribution in [2.75, 3.05) is 25.7 Å². The van der Waals surface area contributed by atoms with Crippen molar-refractivity contribution in [1.82, 2.24) is 5.32 Å². The fraction of sp³-hybridized carbons (Fsp3) is 0.417. The number of hydrazine groups is 1. The first kappa shape index (κ1) is 15.9. The van der Waals surface area contributed by atoms with E-state index in [9.17, 15) is 14.9 Å². The highest BCUT2D eigenvalue weighted by Crippen LogP contribution is 2.22. The normalized spacial score (nSPS) is 11.8. The van der Waals surface area contributed by atoms with Crippen molar-refractivity contribution >= 4 is 17.3 Å². The summed E-state index contributed by atoms with van der Waals surface area (Å²) in [5, 5.41) is 13.6. The van der Waals surface area contributed by atoms with E-state index in [1.165, 1.54) is 18.2 Å². The van der Waals surface area contributed by atoms with Gasteiger partial charge in [0.1, 0.15) is 5.56 Å². The summed E-state index contributed by atoms with van der Waals surface area (Å²) in [7, 11) is 1.57. The Bertz CT molecular complexity index is 492. The summed E-state index contributed by atoms with van der Waals surface area (Å²) in [6.07, 6.45) is 0. The lowest BCUT2D eigenvalue weighted by Crippen LogP contribution is -2.30. The maximum absolute atomic E-state index is 12.0. The predicted molar refractivity (Wildman–Crippen MR) is 74.3 cm³/mol. The molecule has 8 heteroatoms. The number of amides is 1. The molecule has 0 aliphatic rings. The van der Waals surface area contributed by atoms with Crippen LogP contribution in [0.1, 0.15) is 17.3 Å². The maximum Gasteiger partial charge on any atom is 0.282 e. The molecule has 8 nitrogen and oxygen atoms in total. The molecule has 0 aliphatic heterocycles. The highest BCUT2D eigenvalue weighted by molar-refractivity contribution is 5.99. The lowest BCUT2D eigenvalue weighted by molar-refractivity contribution is -0.385. The van der Waals surface area contributed by atoms with E-state index in [0.717, 1.165) is 0 Å². The van der Waals surface area contributed by atoms with Gasteiger partial charge in [-0.3, -0.25) is 20.8 Å². The van der Waals surface area contributed by atoms with Crippen molar-refractivity contribution in [3.63, 3.8) is 0 Å². The van der Waals surface area contributed by atoms with Crippen LogP contribution in [-0.4, -0.2) is 31.1 Å². The number of carbonyl (C=O) groups excluding carboxylic acids is 1. The van der Waals surface area contributed by atoms with Gasteiger partial charge in [-0.15, -0.1) is 0 Å². The second kappa shape index (κ2) is 7.41. The fourth-order valence-corrected chi connectivity index (χ4v) is 1.67. The zero-order valence-electron chi connectivity index (χ0n) is 11.4. The van der Waals surface area contributed by atoms with E-state index < -0.39 is 10.8 Å². The molecule has 20 heavy (non-hydrogen) atoms. The van der Waals surface area contributed by atoms with Gasteiger partial charge in [0.2, 0.25) is 0 Å². The predicted octanol–water partition coefficient (Wildman–Crippen LogP) is 0.893. The Morgan fingerprint density at radius 2 is 2.25 bits per heavy atom. The number of hydrogen-bond acceptors (Lipinski definition) is 6. The molecule has 0 saturated heterocycles. The van der Waals surface area contributed by atoms with Gasteiger partial charge in [0.25, 0.3) is 11.6 Å². The van der Waals surface area contributed by atoms with Gasteiger partial charge < -0.3 is 15.5 Å². The number of methoxy groups -OCH3 is 1. The minimum Gasteiger partial charge on any atom is -0.384 e. The summed E-state index contributed by atoms with van der Waals surface area (Å²) in [5.41, 5.74) is 2.48. The lowest BCUT2D eigenvalue weighted by atomic mass is 10.1. The van der Waals surface area contributed by atoms with Gasteiger partial charge in [-0.2, -0.15) is 0 Å². The van der Waals surface area contributed by atoms with Crippen LogP contribution in [0.25, 0.3) is 0 Å². The molecule has 0 spiro atoms. The Morgan fingerprint density at radius 3 is 2.80 bits per heavy atom. The van der Waals surface area contributed by atoms with Gasteiger partial charge in [-0.1, -0.05) is 6.92 Å². The number of rotatable bonds is 7. The number of nitrogen functional groups attached to an aromatic ring is 1. The van der Waals surface area contributed by atoms with Gasteiger partial charge in [0.05, 0.1) is 11.5 Å². The molecule has 4 N–H and O–H groups in total. The first-order valence-corrected chi connectivity index (χ1v) is 6.01. The number of nitrogens with one attached hydrogen (secondary N) is 2. The Hall–Kier alpha value is -2.19. The van der Waals surface area contributed by atoms with Gasteiger partial charge in [0, 0.05) is 25.4 Å². The second-order valence-corrected chi connectivity index (χ2v) is 4.40. The summed E-state index contributed by atoms with van der Waals surface area (Å²) >= 11 is 0. The Balaban J connectivity index is 2.87. The highest BCUT2D eigenvalue weighted by Gasteiger charge is 2.20. The largest absolute Gasteiger partial charge is 0.384 e. The summed E-state index contributed by atoms with van der Waals surface area (Å²) in [4.78, 5) is 22.3. The summed E-state index contributed by atoms with van der Waals surface area (Å²) < 4.78 is 4.95. The molecule has 0 aromatic heterocycles. The van der Waals surface area contributed by atoms with Crippen LogP contribution in [0.4, 0.5) is 11.4 Å². The second-order valence-electron chi connectivity index (χ2n) is 4.40. The molecule has 110 valence electrons. The highest BCUT2D eigenvalue weighted by atomic mass is 16.6. The number of hydrogen-bond donors (Lipinski definition) is 3. The Morgan fingerprint density at radius 1 is 1.55 bits per heavy atom. The van der Waals surface area contributed by atoms with Crippen LogP contribution in [0.5, 0.6) is 0 Å². The minimum atomic E-state index is -0.603. The first-order valence-electron chi connectivity index (χ1n) is 6.01. The quantitative estimate of drug-likeness (QED) is 0.388. The third kappa shape index (κ3) is 4.18. The number of nitro groups is 1. The van der Waals surface area contributed by atoms with E-state index in [0.29, 0.717) is 18.8 Å². The molecule has 0 saturated carbocycles. The van der Waals surface area contributed by atoms with Crippen LogP contribution >= 0.6 is 0 Å². The molecule has 1 aromatic carbocycles. The molecule has 1 amide bonds. The summed E-state index contributed by atoms with van der Waals surface area (Å²) in [6, 6.07) is 4.01. The maximum atomic E-state index is 12.0. The molecule has 1 rings (SSSR count). The molecule has 0 fully saturated rings. The van der Waals surface area contributed by atoms with E-state index >= 15 is 0 Å². The third-order valence-corrected chi connectivity index (χ3v) is 2.67. The number of ether oxygens (including phenoxy) is 1. The van der Waals surface area contributed by atoms with Crippen LogP contribution in [-0.2, 0) is 4.74 Å². The summed E-state index contributed by atoms with van der Waals surface area (Å²) in [6.45, 7) is 2.76. The fourth-order valence-electron chi connectivity index (χ4n) is 1.67. The van der Waals surface area contributed by atoms with Crippen LogP contribution in [0.15, 0.2) is 18.2 Å². The Labute approximate surface area is 116 Å². The zero-order chi connectivity index (χ0) is 15.1. The molecule has 0 radical (unpaired) electrons. The first-order chi connectivity index (χ1) is 9.49. The average molecular weight is 282 g/mol. The topological polar surface area (TPSA) is 120 Å². The molecular weight excluding hydrogens is 264 g/mol. The molecule has 0 heterocycles. The van der Waals surface area contributed by atoms with Crippen LogP contribution < -0.4 is 16.6 Å². The molecule has 0 bridgehead atoms. The van der Waals surface area contributed by atoms with Crippen LogP contribution in [0.2, 0.25) is 0 Å². The molecule has 1 aromatic rings.